The first-order valence-electron chi connectivity index (χ1n) is 5.59. The van der Waals surface area contributed by atoms with Crippen molar-refractivity contribution in [3.63, 3.8) is 0 Å². The Morgan fingerprint density at radius 1 is 1.38 bits per heavy atom. The van der Waals surface area contributed by atoms with Gasteiger partial charge in [0.25, 0.3) is 0 Å². The topological polar surface area (TPSA) is 24.9 Å². The molecule has 0 aliphatic heterocycles. The maximum atomic E-state index is 4.65. The first-order valence-corrected chi connectivity index (χ1v) is 7.35. The molecule has 2 aromatic rings. The van der Waals surface area contributed by atoms with Crippen molar-refractivity contribution in [3.8, 4) is 0 Å². The number of nitrogens with one attached hydrogen (secondary N) is 1. The highest BCUT2D eigenvalue weighted by Gasteiger charge is 2.20. The van der Waals surface area contributed by atoms with Crippen molar-refractivity contribution >= 4 is 22.7 Å². The average molecular weight is 250 g/mol. The maximum Gasteiger partial charge on any atom is 0.0981 e. The molecule has 0 aromatic carbocycles. The number of rotatable bonds is 5. The Morgan fingerprint density at radius 2 is 2.31 bits per heavy atom. The molecule has 4 heteroatoms. The molecule has 1 fully saturated rings. The lowest BCUT2D eigenvalue weighted by molar-refractivity contribution is 0.676. The van der Waals surface area contributed by atoms with E-state index in [-0.39, 0.29) is 0 Å². The van der Waals surface area contributed by atoms with Crippen molar-refractivity contribution in [1.29, 1.82) is 0 Å². The lowest BCUT2D eigenvalue weighted by Gasteiger charge is -1.97. The van der Waals surface area contributed by atoms with E-state index in [0.29, 0.717) is 0 Å². The zero-order valence-electron chi connectivity index (χ0n) is 8.98. The summed E-state index contributed by atoms with van der Waals surface area (Å²) in [4.78, 5) is 6.05. The number of hydrogen-bond donors (Lipinski definition) is 1. The van der Waals surface area contributed by atoms with Crippen LogP contribution in [0.1, 0.15) is 28.4 Å². The monoisotopic (exact) mass is 250 g/mol. The molecule has 3 rings (SSSR count). The van der Waals surface area contributed by atoms with Crippen molar-refractivity contribution in [2.75, 3.05) is 0 Å². The molecule has 84 valence electrons. The molecular formula is C12H14N2S2. The number of thiophene rings is 1. The average Bonchev–Trinajstić information content (AvgIpc) is 2.78. The second kappa shape index (κ2) is 4.65. The van der Waals surface area contributed by atoms with E-state index < -0.39 is 0 Å². The highest BCUT2D eigenvalue weighted by Crippen LogP contribution is 2.21. The van der Waals surface area contributed by atoms with E-state index in [1.165, 1.54) is 28.4 Å². The van der Waals surface area contributed by atoms with Gasteiger partial charge in [0.05, 0.1) is 10.7 Å². The van der Waals surface area contributed by atoms with Gasteiger partial charge in [-0.2, -0.15) is 0 Å². The van der Waals surface area contributed by atoms with Gasteiger partial charge in [-0.15, -0.1) is 22.7 Å². The second-order valence-corrected chi connectivity index (χ2v) is 6.12. The predicted octanol–water partition coefficient (Wildman–Crippen LogP) is 3.05. The van der Waals surface area contributed by atoms with Gasteiger partial charge in [0.2, 0.25) is 0 Å². The Morgan fingerprint density at radius 3 is 3.06 bits per heavy atom. The molecule has 1 aliphatic rings. The van der Waals surface area contributed by atoms with Crippen LogP contribution in [0, 0.1) is 0 Å². The van der Waals surface area contributed by atoms with Crippen LogP contribution in [0.15, 0.2) is 22.9 Å². The van der Waals surface area contributed by atoms with Crippen LogP contribution in [0.2, 0.25) is 0 Å². The van der Waals surface area contributed by atoms with E-state index in [1.54, 1.807) is 22.7 Å². The van der Waals surface area contributed by atoms with Crippen molar-refractivity contribution in [1.82, 2.24) is 10.3 Å². The fraction of sp³-hybridized carbons (Fsp3) is 0.417. The third kappa shape index (κ3) is 2.70. The van der Waals surface area contributed by atoms with Crippen molar-refractivity contribution < 1.29 is 0 Å². The lowest BCUT2D eigenvalue weighted by Crippen LogP contribution is -2.15. The quantitative estimate of drug-likeness (QED) is 0.882. The molecule has 0 saturated heterocycles. The normalized spacial score (nSPS) is 15.5. The number of hydrogen-bond acceptors (Lipinski definition) is 4. The standard InChI is InChI=1S/C12H14N2S2/c1-2-11(15-5-1)6-12-14-10(8-16-12)7-13-9-3-4-9/h1-2,5,8-9,13H,3-4,6-7H2. The second-order valence-electron chi connectivity index (χ2n) is 4.14. The minimum absolute atomic E-state index is 0.766. The van der Waals surface area contributed by atoms with Gasteiger partial charge < -0.3 is 5.32 Å². The summed E-state index contributed by atoms with van der Waals surface area (Å²) in [5, 5.41) is 9.03. The summed E-state index contributed by atoms with van der Waals surface area (Å²) in [6.45, 7) is 0.936. The van der Waals surface area contributed by atoms with Crippen LogP contribution in [0.5, 0.6) is 0 Å². The zero-order valence-corrected chi connectivity index (χ0v) is 10.6. The highest BCUT2D eigenvalue weighted by atomic mass is 32.1. The third-order valence-electron chi connectivity index (χ3n) is 2.65. The van der Waals surface area contributed by atoms with Gasteiger partial charge >= 0.3 is 0 Å². The molecular weight excluding hydrogens is 236 g/mol. The van der Waals surface area contributed by atoms with E-state index in [2.05, 4.69) is 33.2 Å². The molecule has 16 heavy (non-hydrogen) atoms. The van der Waals surface area contributed by atoms with Gasteiger partial charge in [-0.25, -0.2) is 4.98 Å². The molecule has 1 N–H and O–H groups in total. The summed E-state index contributed by atoms with van der Waals surface area (Å²) in [6, 6.07) is 5.04. The van der Waals surface area contributed by atoms with Crippen LogP contribution in [0.25, 0.3) is 0 Å². The SMILES string of the molecule is c1csc(Cc2nc(CNC3CC3)cs2)c1. The summed E-state index contributed by atoms with van der Waals surface area (Å²) in [7, 11) is 0. The molecule has 0 radical (unpaired) electrons. The first kappa shape index (κ1) is 10.4. The molecule has 0 atom stereocenters. The molecule has 2 nitrogen and oxygen atoms in total. The number of nitrogens with zero attached hydrogens (tertiary/aromatic N) is 1. The zero-order chi connectivity index (χ0) is 10.8. The van der Waals surface area contributed by atoms with Gasteiger partial charge in [-0.05, 0) is 24.3 Å². The van der Waals surface area contributed by atoms with E-state index >= 15 is 0 Å². The van der Waals surface area contributed by atoms with Crippen LogP contribution in [0.4, 0.5) is 0 Å². The van der Waals surface area contributed by atoms with E-state index in [0.717, 1.165) is 19.0 Å². The molecule has 2 aromatic heterocycles. The summed E-state index contributed by atoms with van der Waals surface area (Å²) in [5.41, 5.74) is 1.20. The van der Waals surface area contributed by atoms with Crippen LogP contribution >= 0.6 is 22.7 Å². The molecule has 1 aliphatic carbocycles. The summed E-state index contributed by atoms with van der Waals surface area (Å²) >= 11 is 3.58. The van der Waals surface area contributed by atoms with Crippen molar-refractivity contribution in [2.24, 2.45) is 0 Å². The minimum atomic E-state index is 0.766. The van der Waals surface area contributed by atoms with E-state index in [1.807, 2.05) is 0 Å². The van der Waals surface area contributed by atoms with Gasteiger partial charge in [-0.3, -0.25) is 0 Å². The Labute approximate surface area is 103 Å². The Bertz CT molecular complexity index is 443. The van der Waals surface area contributed by atoms with Gasteiger partial charge in [0.1, 0.15) is 0 Å². The van der Waals surface area contributed by atoms with Crippen LogP contribution in [-0.4, -0.2) is 11.0 Å². The van der Waals surface area contributed by atoms with Gasteiger partial charge in [0.15, 0.2) is 0 Å². The molecule has 1 saturated carbocycles. The molecule has 0 bridgehead atoms. The van der Waals surface area contributed by atoms with Gasteiger partial charge in [0, 0.05) is 29.3 Å². The highest BCUT2D eigenvalue weighted by molar-refractivity contribution is 7.11. The number of aromatic nitrogens is 1. The number of thiazole rings is 1. The van der Waals surface area contributed by atoms with E-state index in [4.69, 9.17) is 0 Å². The fourth-order valence-electron chi connectivity index (χ4n) is 1.61. The minimum Gasteiger partial charge on any atom is -0.308 e. The van der Waals surface area contributed by atoms with E-state index in [9.17, 15) is 0 Å². The summed E-state index contributed by atoms with van der Waals surface area (Å²) < 4.78 is 0. The lowest BCUT2D eigenvalue weighted by atomic mass is 10.3. The maximum absolute atomic E-state index is 4.65. The molecule has 0 amide bonds. The van der Waals surface area contributed by atoms with Crippen LogP contribution < -0.4 is 5.32 Å². The van der Waals surface area contributed by atoms with Crippen LogP contribution in [-0.2, 0) is 13.0 Å². The third-order valence-corrected chi connectivity index (χ3v) is 4.43. The molecule has 0 unspecified atom stereocenters. The Balaban J connectivity index is 1.58. The fourth-order valence-corrected chi connectivity index (χ4v) is 3.23. The first-order chi connectivity index (χ1) is 7.90. The predicted molar refractivity (Wildman–Crippen MR) is 69.1 cm³/mol. The van der Waals surface area contributed by atoms with Crippen molar-refractivity contribution in [2.45, 2.75) is 31.8 Å². The van der Waals surface area contributed by atoms with Gasteiger partial charge in [-0.1, -0.05) is 6.07 Å². The largest absolute Gasteiger partial charge is 0.308 e. The Kier molecular flexibility index (Phi) is 3.04. The summed E-state index contributed by atoms with van der Waals surface area (Å²) in [6.07, 6.45) is 3.67. The van der Waals surface area contributed by atoms with Crippen molar-refractivity contribution in [3.05, 3.63) is 38.5 Å². The smallest absolute Gasteiger partial charge is 0.0981 e. The molecule has 2 heterocycles. The van der Waals surface area contributed by atoms with Crippen LogP contribution in [0.3, 0.4) is 0 Å². The molecule has 0 spiro atoms. The Hall–Kier alpha value is -0.710. The summed E-state index contributed by atoms with van der Waals surface area (Å²) in [5.74, 6) is 0.